The first-order chi connectivity index (χ1) is 10.1. The Kier molecular flexibility index (Phi) is 3.27. The molecule has 0 saturated heterocycles. The molecule has 0 amide bonds. The molecule has 6 heteroatoms. The molecule has 106 valence electrons. The van der Waals surface area contributed by atoms with Crippen LogP contribution < -0.4 is 4.74 Å². The maximum atomic E-state index is 10.7. The highest BCUT2D eigenvalue weighted by Crippen LogP contribution is 2.20. The van der Waals surface area contributed by atoms with Crippen LogP contribution in [0.1, 0.15) is 11.3 Å². The van der Waals surface area contributed by atoms with Crippen molar-refractivity contribution in [2.24, 2.45) is 0 Å². The van der Waals surface area contributed by atoms with Crippen LogP contribution in [0.3, 0.4) is 0 Å². The molecule has 0 fully saturated rings. The Hall–Kier alpha value is -2.89. The lowest BCUT2D eigenvalue weighted by atomic mass is 10.3. The average molecular weight is 283 g/mol. The van der Waals surface area contributed by atoms with Gasteiger partial charge in [-0.3, -0.25) is 10.1 Å². The number of ether oxygens (including phenoxy) is 1. The van der Waals surface area contributed by atoms with Crippen LogP contribution in [0, 0.1) is 17.0 Å². The van der Waals surface area contributed by atoms with Gasteiger partial charge in [-0.05, 0) is 24.6 Å². The number of fused-ring (bicyclic) bond motifs is 1. The number of nitro benzene ring substituents is 1. The van der Waals surface area contributed by atoms with Crippen molar-refractivity contribution in [1.29, 1.82) is 0 Å². The average Bonchev–Trinajstić information content (AvgIpc) is 2.87. The second kappa shape index (κ2) is 5.24. The third-order valence-electron chi connectivity index (χ3n) is 3.06. The van der Waals surface area contributed by atoms with Gasteiger partial charge in [0.1, 0.15) is 18.0 Å². The number of aryl methyl sites for hydroxylation is 1. The van der Waals surface area contributed by atoms with E-state index in [2.05, 4.69) is 4.98 Å². The molecule has 0 unspecified atom stereocenters. The summed E-state index contributed by atoms with van der Waals surface area (Å²) in [4.78, 5) is 14.7. The van der Waals surface area contributed by atoms with Crippen LogP contribution in [0.2, 0.25) is 0 Å². The van der Waals surface area contributed by atoms with E-state index in [9.17, 15) is 10.1 Å². The highest BCUT2D eigenvalue weighted by molar-refractivity contribution is 5.41. The summed E-state index contributed by atoms with van der Waals surface area (Å²) in [6.45, 7) is 2.28. The Balaban J connectivity index is 1.77. The van der Waals surface area contributed by atoms with E-state index in [4.69, 9.17) is 4.74 Å². The number of imidazole rings is 1. The predicted octanol–water partition coefficient (Wildman–Crippen LogP) is 3.13. The summed E-state index contributed by atoms with van der Waals surface area (Å²) in [5.74, 6) is 0.456. The fraction of sp³-hybridized carbons (Fsp3) is 0.133. The molecule has 3 aromatic rings. The van der Waals surface area contributed by atoms with Crippen molar-refractivity contribution in [3.63, 3.8) is 0 Å². The summed E-state index contributed by atoms with van der Waals surface area (Å²) >= 11 is 0. The van der Waals surface area contributed by atoms with E-state index in [0.29, 0.717) is 5.75 Å². The fourth-order valence-corrected chi connectivity index (χ4v) is 2.07. The van der Waals surface area contributed by atoms with Gasteiger partial charge >= 0.3 is 0 Å². The van der Waals surface area contributed by atoms with Gasteiger partial charge in [0.05, 0.1) is 16.7 Å². The lowest BCUT2D eigenvalue weighted by molar-refractivity contribution is -0.384. The minimum atomic E-state index is -0.444. The molecular formula is C15H13N3O3. The molecule has 2 heterocycles. The number of non-ortho nitro benzene ring substituents is 1. The molecule has 0 aliphatic rings. The number of hydrogen-bond acceptors (Lipinski definition) is 4. The van der Waals surface area contributed by atoms with Crippen LogP contribution in [0.15, 0.2) is 48.8 Å². The first-order valence-corrected chi connectivity index (χ1v) is 6.43. The van der Waals surface area contributed by atoms with Crippen molar-refractivity contribution in [3.8, 4) is 5.75 Å². The number of pyridine rings is 1. The lowest BCUT2D eigenvalue weighted by Crippen LogP contribution is -1.96. The Labute approximate surface area is 120 Å². The van der Waals surface area contributed by atoms with Gasteiger partial charge in [0.2, 0.25) is 0 Å². The van der Waals surface area contributed by atoms with E-state index >= 15 is 0 Å². The van der Waals surface area contributed by atoms with Crippen molar-refractivity contribution in [2.75, 3.05) is 0 Å². The number of benzene rings is 1. The van der Waals surface area contributed by atoms with Gasteiger partial charge in [0.15, 0.2) is 0 Å². The molecule has 0 bridgehead atoms. The van der Waals surface area contributed by atoms with E-state index in [1.54, 1.807) is 12.1 Å². The first-order valence-electron chi connectivity index (χ1n) is 6.43. The quantitative estimate of drug-likeness (QED) is 0.545. The molecular weight excluding hydrogens is 270 g/mol. The largest absolute Gasteiger partial charge is 0.487 e. The Morgan fingerprint density at radius 3 is 2.95 bits per heavy atom. The molecule has 1 aromatic carbocycles. The molecule has 0 spiro atoms. The van der Waals surface area contributed by atoms with Gasteiger partial charge in [0.25, 0.3) is 5.69 Å². The summed E-state index contributed by atoms with van der Waals surface area (Å²) in [6, 6.07) is 10.0. The second-order valence-electron chi connectivity index (χ2n) is 4.75. The Morgan fingerprint density at radius 2 is 2.14 bits per heavy atom. The highest BCUT2D eigenvalue weighted by atomic mass is 16.6. The van der Waals surface area contributed by atoms with Crippen molar-refractivity contribution in [3.05, 3.63) is 70.2 Å². The second-order valence-corrected chi connectivity index (χ2v) is 4.75. The van der Waals surface area contributed by atoms with E-state index in [0.717, 1.165) is 16.9 Å². The topological polar surface area (TPSA) is 69.7 Å². The standard InChI is InChI=1S/C15H13N3O3/c1-11-5-6-15-16-12(9-17(15)8-11)10-21-14-4-2-3-13(7-14)18(19)20/h2-9H,10H2,1H3. The van der Waals surface area contributed by atoms with Crippen LogP contribution >= 0.6 is 0 Å². The molecule has 3 rings (SSSR count). The van der Waals surface area contributed by atoms with Gasteiger partial charge in [0, 0.05) is 18.5 Å². The van der Waals surface area contributed by atoms with Gasteiger partial charge in [-0.2, -0.15) is 0 Å². The third-order valence-corrected chi connectivity index (χ3v) is 3.06. The van der Waals surface area contributed by atoms with Crippen molar-refractivity contribution in [1.82, 2.24) is 9.38 Å². The van der Waals surface area contributed by atoms with Crippen molar-refractivity contribution < 1.29 is 9.66 Å². The maximum absolute atomic E-state index is 10.7. The maximum Gasteiger partial charge on any atom is 0.273 e. The third kappa shape index (κ3) is 2.84. The lowest BCUT2D eigenvalue weighted by Gasteiger charge is -2.03. The zero-order valence-corrected chi connectivity index (χ0v) is 11.4. The van der Waals surface area contributed by atoms with Gasteiger partial charge in [-0.25, -0.2) is 4.98 Å². The normalized spacial score (nSPS) is 10.7. The summed E-state index contributed by atoms with van der Waals surface area (Å²) in [6.07, 6.45) is 3.87. The number of aromatic nitrogens is 2. The Bertz CT molecular complexity index is 811. The zero-order valence-electron chi connectivity index (χ0n) is 11.4. The van der Waals surface area contributed by atoms with E-state index in [1.165, 1.54) is 12.1 Å². The summed E-state index contributed by atoms with van der Waals surface area (Å²) in [7, 11) is 0. The van der Waals surface area contributed by atoms with Gasteiger partial charge in [-0.1, -0.05) is 12.1 Å². The molecule has 6 nitrogen and oxygen atoms in total. The first kappa shape index (κ1) is 13.1. The van der Waals surface area contributed by atoms with Crippen molar-refractivity contribution in [2.45, 2.75) is 13.5 Å². The van der Waals surface area contributed by atoms with E-state index in [1.807, 2.05) is 35.9 Å². The smallest absolute Gasteiger partial charge is 0.273 e. The summed E-state index contributed by atoms with van der Waals surface area (Å²) in [5, 5.41) is 10.7. The molecule has 21 heavy (non-hydrogen) atoms. The molecule has 0 aliphatic heterocycles. The summed E-state index contributed by atoms with van der Waals surface area (Å²) in [5.41, 5.74) is 2.77. The van der Waals surface area contributed by atoms with Gasteiger partial charge < -0.3 is 9.14 Å². The SMILES string of the molecule is Cc1ccc2nc(COc3cccc([N+](=O)[O-])c3)cn2c1. The van der Waals surface area contributed by atoms with Gasteiger partial charge in [-0.15, -0.1) is 0 Å². The minimum Gasteiger partial charge on any atom is -0.487 e. The fourth-order valence-electron chi connectivity index (χ4n) is 2.07. The van der Waals surface area contributed by atoms with Crippen molar-refractivity contribution >= 4 is 11.3 Å². The number of nitrogens with zero attached hydrogens (tertiary/aromatic N) is 3. The zero-order chi connectivity index (χ0) is 14.8. The predicted molar refractivity (Wildman–Crippen MR) is 77.4 cm³/mol. The number of nitro groups is 1. The monoisotopic (exact) mass is 283 g/mol. The van der Waals surface area contributed by atoms with E-state index < -0.39 is 4.92 Å². The molecule has 0 atom stereocenters. The molecule has 0 radical (unpaired) electrons. The van der Waals surface area contributed by atoms with Crippen LogP contribution in [0.5, 0.6) is 5.75 Å². The highest BCUT2D eigenvalue weighted by Gasteiger charge is 2.07. The Morgan fingerprint density at radius 1 is 1.29 bits per heavy atom. The molecule has 0 saturated carbocycles. The van der Waals surface area contributed by atoms with Crippen LogP contribution in [-0.2, 0) is 6.61 Å². The molecule has 0 aliphatic carbocycles. The van der Waals surface area contributed by atoms with E-state index in [-0.39, 0.29) is 12.3 Å². The molecule has 2 aromatic heterocycles. The van der Waals surface area contributed by atoms with Crippen LogP contribution in [-0.4, -0.2) is 14.3 Å². The van der Waals surface area contributed by atoms with Crippen LogP contribution in [0.25, 0.3) is 5.65 Å². The van der Waals surface area contributed by atoms with Crippen LogP contribution in [0.4, 0.5) is 5.69 Å². The number of rotatable bonds is 4. The summed E-state index contributed by atoms with van der Waals surface area (Å²) < 4.78 is 7.49. The number of hydrogen-bond donors (Lipinski definition) is 0. The minimum absolute atomic E-state index is 0.0122. The molecule has 0 N–H and O–H groups in total.